The second-order valence-electron chi connectivity index (χ2n) is 4.44. The lowest BCUT2D eigenvalue weighted by Crippen LogP contribution is -2.48. The monoisotopic (exact) mass is 335 g/mol. The molecule has 0 aromatic heterocycles. The first-order valence-electron chi connectivity index (χ1n) is 4.87. The van der Waals surface area contributed by atoms with Crippen molar-refractivity contribution < 1.29 is 0 Å². The Bertz CT molecular complexity index is 348. The third-order valence-electron chi connectivity index (χ3n) is 2.35. The molecule has 0 saturated heterocycles. The molecule has 1 atom stereocenters. The molecule has 0 fully saturated rings. The first-order valence-corrected chi connectivity index (χ1v) is 6.46. The molecular weight excluding hydrogens is 320 g/mol. The van der Waals surface area contributed by atoms with Gasteiger partial charge < -0.3 is 5.73 Å². The maximum absolute atomic E-state index is 5.85. The molecule has 1 unspecified atom stereocenters. The third-order valence-corrected chi connectivity index (χ3v) is 4.23. The van der Waals surface area contributed by atoms with Gasteiger partial charge in [0, 0.05) is 21.1 Å². The average Bonchev–Trinajstić information content (AvgIpc) is 2.07. The van der Waals surface area contributed by atoms with Crippen molar-refractivity contribution in [3.63, 3.8) is 0 Å². The smallest absolute Gasteiger partial charge is 0.133 e. The zero-order valence-electron chi connectivity index (χ0n) is 9.30. The maximum atomic E-state index is 5.85. The Balaban J connectivity index is 2.99. The fraction of sp³-hybridized carbons (Fsp3) is 0.455. The first-order chi connectivity index (χ1) is 6.83. The molecule has 0 saturated carbocycles. The number of hydrogen-bond donors (Lipinski definition) is 1. The van der Waals surface area contributed by atoms with E-state index in [1.54, 1.807) is 0 Å². The van der Waals surface area contributed by atoms with E-state index in [-0.39, 0.29) is 6.04 Å². The molecule has 0 aliphatic heterocycles. The Morgan fingerprint density at radius 3 is 2.33 bits per heavy atom. The summed E-state index contributed by atoms with van der Waals surface area (Å²) in [5, 5.41) is 0. The summed E-state index contributed by atoms with van der Waals surface area (Å²) < 4.78 is 2.95. The molecule has 1 rings (SSSR count). The number of rotatable bonds is 3. The number of nitrogens with zero attached hydrogens (tertiary/aromatic N) is 1. The summed E-state index contributed by atoms with van der Waals surface area (Å²) in [5.41, 5.74) is 7.10. The Kier molecular flexibility index (Phi) is 4.35. The molecule has 4 heteroatoms. The number of quaternary nitrogens is 1. The summed E-state index contributed by atoms with van der Waals surface area (Å²) in [6.45, 7) is 2.96. The van der Waals surface area contributed by atoms with E-state index in [9.17, 15) is 0 Å². The van der Waals surface area contributed by atoms with Crippen molar-refractivity contribution in [1.29, 1.82) is 0 Å². The molecule has 0 heterocycles. The number of hydrogen-bond acceptors (Lipinski definition) is 1. The van der Waals surface area contributed by atoms with Gasteiger partial charge in [0.05, 0.1) is 26.7 Å². The van der Waals surface area contributed by atoms with Crippen LogP contribution in [0.15, 0.2) is 27.1 Å². The molecule has 2 nitrogen and oxygen atoms in total. The Hall–Kier alpha value is 0.1000. The molecule has 0 aliphatic rings. The van der Waals surface area contributed by atoms with Crippen molar-refractivity contribution in [2.45, 2.75) is 13.0 Å². The Morgan fingerprint density at radius 1 is 1.27 bits per heavy atom. The molecule has 1 aromatic rings. The molecule has 15 heavy (non-hydrogen) atoms. The van der Waals surface area contributed by atoms with Crippen LogP contribution < -0.4 is 10.2 Å². The Labute approximate surface area is 108 Å². The van der Waals surface area contributed by atoms with Crippen molar-refractivity contribution in [2.75, 3.05) is 20.6 Å². The lowest BCUT2D eigenvalue weighted by atomic mass is 10.2. The van der Waals surface area contributed by atoms with Crippen molar-refractivity contribution in [1.82, 2.24) is 4.48 Å². The van der Waals surface area contributed by atoms with E-state index in [0.717, 1.165) is 20.0 Å². The minimum atomic E-state index is 0.197. The van der Waals surface area contributed by atoms with E-state index in [2.05, 4.69) is 64.2 Å². The molecule has 84 valence electrons. The van der Waals surface area contributed by atoms with Gasteiger partial charge in [0.15, 0.2) is 0 Å². The topological polar surface area (TPSA) is 26.0 Å². The van der Waals surface area contributed by atoms with Gasteiger partial charge in [-0.25, -0.2) is 0 Å². The van der Waals surface area contributed by atoms with Gasteiger partial charge in [-0.1, -0.05) is 0 Å². The summed E-state index contributed by atoms with van der Waals surface area (Å²) in [4.78, 5) is 0. The van der Waals surface area contributed by atoms with E-state index in [1.807, 2.05) is 6.92 Å². The van der Waals surface area contributed by atoms with Gasteiger partial charge in [-0.2, -0.15) is 0 Å². The molecule has 2 N–H and O–H groups in total. The highest BCUT2D eigenvalue weighted by atomic mass is 79.9. The molecule has 0 amide bonds. The van der Waals surface area contributed by atoms with Crippen LogP contribution in [0.3, 0.4) is 0 Å². The summed E-state index contributed by atoms with van der Waals surface area (Å²) in [7, 11) is 4.33. The Morgan fingerprint density at radius 2 is 1.87 bits per heavy atom. The summed E-state index contributed by atoms with van der Waals surface area (Å²) in [5.74, 6) is 0. The van der Waals surface area contributed by atoms with Crippen molar-refractivity contribution >= 4 is 37.5 Å². The van der Waals surface area contributed by atoms with Gasteiger partial charge in [-0.3, -0.25) is 4.48 Å². The van der Waals surface area contributed by atoms with E-state index in [1.165, 1.54) is 5.69 Å². The molecule has 1 aromatic carbocycles. The largest absolute Gasteiger partial charge is 0.323 e. The molecule has 0 radical (unpaired) electrons. The van der Waals surface area contributed by atoms with Gasteiger partial charge in [0.2, 0.25) is 0 Å². The van der Waals surface area contributed by atoms with E-state index in [0.29, 0.717) is 0 Å². The third kappa shape index (κ3) is 3.55. The fourth-order valence-electron chi connectivity index (χ4n) is 1.69. The zero-order valence-corrected chi connectivity index (χ0v) is 12.5. The number of benzene rings is 1. The number of nitrogens with two attached hydrogens (primary N) is 1. The quantitative estimate of drug-likeness (QED) is 0.843. The molecular formula is C11H17Br2N2+. The van der Waals surface area contributed by atoms with Gasteiger partial charge in [0.25, 0.3) is 0 Å². The van der Waals surface area contributed by atoms with Crippen LogP contribution in [0.1, 0.15) is 6.92 Å². The van der Waals surface area contributed by atoms with Crippen LogP contribution in [0.2, 0.25) is 0 Å². The SMILES string of the molecule is CC(N)C[N+](C)(C)c1ccc(Br)c(Br)c1. The first kappa shape index (κ1) is 13.2. The minimum absolute atomic E-state index is 0.197. The van der Waals surface area contributed by atoms with Crippen LogP contribution in [-0.4, -0.2) is 26.7 Å². The predicted octanol–water partition coefficient (Wildman–Crippen LogP) is 3.13. The summed E-state index contributed by atoms with van der Waals surface area (Å²) in [6.07, 6.45) is 0. The molecule has 0 aliphatic carbocycles. The van der Waals surface area contributed by atoms with Crippen LogP contribution in [0.25, 0.3) is 0 Å². The van der Waals surface area contributed by atoms with E-state index >= 15 is 0 Å². The van der Waals surface area contributed by atoms with E-state index < -0.39 is 0 Å². The number of halogens is 2. The van der Waals surface area contributed by atoms with Crippen LogP contribution in [0.5, 0.6) is 0 Å². The van der Waals surface area contributed by atoms with E-state index in [4.69, 9.17) is 5.73 Å². The van der Waals surface area contributed by atoms with Crippen LogP contribution >= 0.6 is 31.9 Å². The highest BCUT2D eigenvalue weighted by molar-refractivity contribution is 9.13. The van der Waals surface area contributed by atoms with Crippen LogP contribution in [0, 0.1) is 0 Å². The fourth-order valence-corrected chi connectivity index (χ4v) is 2.30. The highest BCUT2D eigenvalue weighted by Gasteiger charge is 2.21. The summed E-state index contributed by atoms with van der Waals surface area (Å²) >= 11 is 6.99. The van der Waals surface area contributed by atoms with Crippen LogP contribution in [-0.2, 0) is 0 Å². The van der Waals surface area contributed by atoms with Gasteiger partial charge in [-0.15, -0.1) is 0 Å². The van der Waals surface area contributed by atoms with Crippen molar-refractivity contribution in [3.05, 3.63) is 27.1 Å². The minimum Gasteiger partial charge on any atom is -0.323 e. The highest BCUT2D eigenvalue weighted by Crippen LogP contribution is 2.29. The molecule has 0 spiro atoms. The number of likely N-dealkylation sites (N-methyl/N-ethyl adjacent to an activating group) is 1. The maximum Gasteiger partial charge on any atom is 0.133 e. The molecule has 0 bridgehead atoms. The van der Waals surface area contributed by atoms with Gasteiger partial charge in [-0.05, 0) is 44.8 Å². The average molecular weight is 337 g/mol. The van der Waals surface area contributed by atoms with Crippen molar-refractivity contribution in [2.24, 2.45) is 5.73 Å². The second kappa shape index (κ2) is 4.95. The zero-order chi connectivity index (χ0) is 11.6. The van der Waals surface area contributed by atoms with Gasteiger partial charge >= 0.3 is 0 Å². The summed E-state index contributed by atoms with van der Waals surface area (Å²) in [6, 6.07) is 6.51. The van der Waals surface area contributed by atoms with Gasteiger partial charge in [0.1, 0.15) is 5.69 Å². The second-order valence-corrected chi connectivity index (χ2v) is 6.15. The van der Waals surface area contributed by atoms with Crippen molar-refractivity contribution in [3.8, 4) is 0 Å². The lowest BCUT2D eigenvalue weighted by Gasteiger charge is -2.31. The normalized spacial score (nSPS) is 14.0. The lowest BCUT2D eigenvalue weighted by molar-refractivity contribution is 0.374. The van der Waals surface area contributed by atoms with Crippen LogP contribution in [0.4, 0.5) is 5.69 Å². The predicted molar refractivity (Wildman–Crippen MR) is 74.0 cm³/mol. The standard InChI is InChI=1S/C11H17Br2N2/c1-8(14)7-15(2,3)9-4-5-10(12)11(13)6-9/h4-6,8H,7,14H2,1-3H3/q+1.